The number of carbonyl (C=O) groups excluding carboxylic acids is 1. The first-order valence-electron chi connectivity index (χ1n) is 8.84. The van der Waals surface area contributed by atoms with E-state index in [0.29, 0.717) is 19.8 Å². The maximum absolute atomic E-state index is 12.1. The molecule has 0 saturated carbocycles. The largest absolute Gasteiger partial charge is 0.444 e. The number of piperidine rings is 1. The summed E-state index contributed by atoms with van der Waals surface area (Å²) in [6.45, 7) is 7.31. The summed E-state index contributed by atoms with van der Waals surface area (Å²) in [7, 11) is 1.81. The van der Waals surface area contributed by atoms with Gasteiger partial charge in [0.05, 0.1) is 17.9 Å². The lowest BCUT2D eigenvalue weighted by atomic mass is 10.1. The normalized spacial score (nSPS) is 15.9. The molecule has 1 amide bonds. The second kappa shape index (κ2) is 9.33. The van der Waals surface area contributed by atoms with Gasteiger partial charge < -0.3 is 20.3 Å². The second-order valence-electron chi connectivity index (χ2n) is 7.11. The molecule has 9 heteroatoms. The van der Waals surface area contributed by atoms with Crippen LogP contribution in [0.5, 0.6) is 0 Å². The van der Waals surface area contributed by atoms with Gasteiger partial charge in [0.25, 0.3) is 0 Å². The maximum Gasteiger partial charge on any atom is 0.410 e. The standard InChI is InChI=1S/C17H30N6O3/c1-17(2,3)26-16(24)22-9-5-15(6-10-22)23-12-14(11-20-23)19-13-25-21-8-7-18-4/h7-8,11-12,15,18-19,21H,5-6,9-10,13H2,1-4H3/b8-7-. The van der Waals surface area contributed by atoms with E-state index in [1.54, 1.807) is 23.5 Å². The molecular weight excluding hydrogens is 336 g/mol. The summed E-state index contributed by atoms with van der Waals surface area (Å²) in [5.74, 6) is 0. The fraction of sp³-hybridized carbons (Fsp3) is 0.647. The third kappa shape index (κ3) is 6.47. The van der Waals surface area contributed by atoms with E-state index in [9.17, 15) is 4.79 Å². The summed E-state index contributed by atoms with van der Waals surface area (Å²) >= 11 is 0. The van der Waals surface area contributed by atoms with Crippen LogP contribution in [0.4, 0.5) is 10.5 Å². The van der Waals surface area contributed by atoms with E-state index in [4.69, 9.17) is 9.57 Å². The van der Waals surface area contributed by atoms with Gasteiger partial charge in [0, 0.05) is 38.7 Å². The van der Waals surface area contributed by atoms with Gasteiger partial charge in [0.1, 0.15) is 12.3 Å². The minimum absolute atomic E-state index is 0.240. The second-order valence-corrected chi connectivity index (χ2v) is 7.11. The topological polar surface area (TPSA) is 92.7 Å². The third-order valence-corrected chi connectivity index (χ3v) is 3.84. The molecule has 0 aromatic carbocycles. The Kier molecular flexibility index (Phi) is 7.14. The number of hydroxylamine groups is 1. The van der Waals surface area contributed by atoms with Crippen LogP contribution in [0.1, 0.15) is 39.7 Å². The number of nitrogens with zero attached hydrogens (tertiary/aromatic N) is 3. The molecule has 2 rings (SSSR count). The first kappa shape index (κ1) is 19.9. The zero-order valence-electron chi connectivity index (χ0n) is 16.0. The molecule has 0 radical (unpaired) electrons. The van der Waals surface area contributed by atoms with Crippen LogP contribution in [0.2, 0.25) is 0 Å². The molecule has 0 aliphatic carbocycles. The number of hydrogen-bond acceptors (Lipinski definition) is 7. The number of ether oxygens (including phenoxy) is 1. The van der Waals surface area contributed by atoms with Crippen LogP contribution < -0.4 is 16.1 Å². The minimum Gasteiger partial charge on any atom is -0.444 e. The lowest BCUT2D eigenvalue weighted by molar-refractivity contribution is 0.0185. The molecule has 9 nitrogen and oxygen atoms in total. The van der Waals surface area contributed by atoms with Crippen molar-refractivity contribution in [3.8, 4) is 0 Å². The summed E-state index contributed by atoms with van der Waals surface area (Å²) < 4.78 is 7.38. The number of anilines is 1. The van der Waals surface area contributed by atoms with Gasteiger partial charge in [-0.1, -0.05) is 0 Å². The predicted molar refractivity (Wildman–Crippen MR) is 99.2 cm³/mol. The average molecular weight is 366 g/mol. The van der Waals surface area contributed by atoms with E-state index in [-0.39, 0.29) is 12.1 Å². The summed E-state index contributed by atoms with van der Waals surface area (Å²) in [4.78, 5) is 19.1. The monoisotopic (exact) mass is 366 g/mol. The van der Waals surface area contributed by atoms with Crippen molar-refractivity contribution in [2.24, 2.45) is 0 Å². The smallest absolute Gasteiger partial charge is 0.410 e. The molecule has 0 bridgehead atoms. The summed E-state index contributed by atoms with van der Waals surface area (Å²) in [5.41, 5.74) is 3.10. The average Bonchev–Trinajstić information content (AvgIpc) is 3.05. The fourth-order valence-corrected chi connectivity index (χ4v) is 2.60. The quantitative estimate of drug-likeness (QED) is 0.386. The number of likely N-dealkylation sites (tertiary alicyclic amines) is 1. The van der Waals surface area contributed by atoms with Crippen molar-refractivity contribution >= 4 is 11.8 Å². The van der Waals surface area contributed by atoms with Gasteiger partial charge in [-0.2, -0.15) is 5.10 Å². The van der Waals surface area contributed by atoms with Crippen molar-refractivity contribution in [3.63, 3.8) is 0 Å². The molecule has 26 heavy (non-hydrogen) atoms. The van der Waals surface area contributed by atoms with Crippen molar-refractivity contribution in [1.29, 1.82) is 0 Å². The Bertz CT molecular complexity index is 588. The molecule has 0 atom stereocenters. The molecule has 146 valence electrons. The van der Waals surface area contributed by atoms with E-state index in [1.165, 1.54) is 0 Å². The van der Waals surface area contributed by atoms with Crippen LogP contribution >= 0.6 is 0 Å². The fourth-order valence-electron chi connectivity index (χ4n) is 2.60. The van der Waals surface area contributed by atoms with Gasteiger partial charge in [-0.3, -0.25) is 15.0 Å². The molecule has 1 aliphatic rings. The SMILES string of the molecule is CN/C=C\NOCNc1cnn(C2CCN(C(=O)OC(C)(C)C)CC2)c1. The Balaban J connectivity index is 1.73. The van der Waals surface area contributed by atoms with Crippen LogP contribution in [-0.4, -0.2) is 53.2 Å². The van der Waals surface area contributed by atoms with Crippen LogP contribution in [0.25, 0.3) is 0 Å². The van der Waals surface area contributed by atoms with Gasteiger partial charge in [0.2, 0.25) is 0 Å². The number of rotatable bonds is 7. The number of hydrogen-bond donors (Lipinski definition) is 3. The molecule has 1 saturated heterocycles. The highest BCUT2D eigenvalue weighted by molar-refractivity contribution is 5.68. The van der Waals surface area contributed by atoms with E-state index >= 15 is 0 Å². The minimum atomic E-state index is -0.462. The Hall–Kier alpha value is -2.42. The lowest BCUT2D eigenvalue weighted by Crippen LogP contribution is -2.42. The highest BCUT2D eigenvalue weighted by Crippen LogP contribution is 2.24. The van der Waals surface area contributed by atoms with Crippen molar-refractivity contribution in [3.05, 3.63) is 24.8 Å². The molecule has 1 fully saturated rings. The molecule has 1 aliphatic heterocycles. The molecule has 0 unspecified atom stereocenters. The van der Waals surface area contributed by atoms with E-state index in [1.807, 2.05) is 38.7 Å². The van der Waals surface area contributed by atoms with Crippen molar-refractivity contribution in [1.82, 2.24) is 25.5 Å². The Labute approximate surface area is 154 Å². The van der Waals surface area contributed by atoms with Crippen LogP contribution in [0.3, 0.4) is 0 Å². The number of aromatic nitrogens is 2. The maximum atomic E-state index is 12.1. The molecule has 2 heterocycles. The van der Waals surface area contributed by atoms with E-state index in [2.05, 4.69) is 21.2 Å². The van der Waals surface area contributed by atoms with Crippen molar-refractivity contribution in [2.75, 3.05) is 32.2 Å². The number of amides is 1. The molecule has 1 aromatic heterocycles. The van der Waals surface area contributed by atoms with Gasteiger partial charge in [-0.15, -0.1) is 0 Å². The predicted octanol–water partition coefficient (Wildman–Crippen LogP) is 2.04. The van der Waals surface area contributed by atoms with Crippen LogP contribution in [0.15, 0.2) is 24.8 Å². The van der Waals surface area contributed by atoms with Crippen molar-refractivity contribution in [2.45, 2.75) is 45.3 Å². The van der Waals surface area contributed by atoms with E-state index < -0.39 is 5.60 Å². The number of carbonyl (C=O) groups is 1. The van der Waals surface area contributed by atoms with Gasteiger partial charge >= 0.3 is 6.09 Å². The van der Waals surface area contributed by atoms with Crippen molar-refractivity contribution < 1.29 is 14.4 Å². The Morgan fingerprint density at radius 3 is 2.73 bits per heavy atom. The third-order valence-electron chi connectivity index (χ3n) is 3.84. The Morgan fingerprint density at radius 2 is 2.08 bits per heavy atom. The molecular formula is C17H30N6O3. The lowest BCUT2D eigenvalue weighted by Gasteiger charge is -2.33. The first-order valence-corrected chi connectivity index (χ1v) is 8.84. The highest BCUT2D eigenvalue weighted by Gasteiger charge is 2.27. The zero-order valence-corrected chi connectivity index (χ0v) is 16.0. The summed E-state index contributed by atoms with van der Waals surface area (Å²) in [6.07, 6.45) is 8.58. The molecule has 0 spiro atoms. The van der Waals surface area contributed by atoms with Crippen LogP contribution in [0, 0.1) is 0 Å². The number of nitrogens with one attached hydrogen (secondary N) is 3. The van der Waals surface area contributed by atoms with Gasteiger partial charge in [-0.05, 0) is 33.6 Å². The van der Waals surface area contributed by atoms with Gasteiger partial charge in [-0.25, -0.2) is 4.79 Å². The van der Waals surface area contributed by atoms with E-state index in [0.717, 1.165) is 18.5 Å². The van der Waals surface area contributed by atoms with Gasteiger partial charge in [0.15, 0.2) is 0 Å². The zero-order chi connectivity index (χ0) is 19.0. The highest BCUT2D eigenvalue weighted by atomic mass is 16.6. The summed E-state index contributed by atoms with van der Waals surface area (Å²) in [6, 6.07) is 0.279. The first-order chi connectivity index (χ1) is 12.4. The van der Waals surface area contributed by atoms with Crippen LogP contribution in [-0.2, 0) is 9.57 Å². The Morgan fingerprint density at radius 1 is 1.35 bits per heavy atom. The molecule has 3 N–H and O–H groups in total. The molecule has 1 aromatic rings. The summed E-state index contributed by atoms with van der Waals surface area (Å²) in [5, 5.41) is 10.4.